The molecule has 0 saturated heterocycles. The van der Waals surface area contributed by atoms with E-state index in [2.05, 4.69) is 36.6 Å². The normalized spacial score (nSPS) is 15.6. The highest BCUT2D eigenvalue weighted by Gasteiger charge is 2.26. The predicted octanol–water partition coefficient (Wildman–Crippen LogP) is 2.74. The zero-order chi connectivity index (χ0) is 12.9. The molecule has 3 nitrogen and oxygen atoms in total. The molecule has 3 rings (SSSR count). The highest BCUT2D eigenvalue weighted by molar-refractivity contribution is 5.89. The zero-order valence-corrected chi connectivity index (χ0v) is 11.1. The first-order chi connectivity index (χ1) is 8.59. The van der Waals surface area contributed by atoms with Gasteiger partial charge >= 0.3 is 0 Å². The Labute approximate surface area is 107 Å². The van der Waals surface area contributed by atoms with Crippen LogP contribution in [0.4, 0.5) is 0 Å². The molecule has 1 amide bonds. The Bertz CT molecular complexity index is 625. The molecule has 0 fully saturated rings. The van der Waals surface area contributed by atoms with E-state index < -0.39 is 0 Å². The van der Waals surface area contributed by atoms with Crippen LogP contribution in [0, 0.1) is 0 Å². The number of benzene rings is 1. The van der Waals surface area contributed by atoms with Crippen molar-refractivity contribution in [1.29, 1.82) is 0 Å². The lowest BCUT2D eigenvalue weighted by Crippen LogP contribution is -2.36. The number of fused-ring (bicyclic) bond motifs is 3. The molecule has 94 valence electrons. The van der Waals surface area contributed by atoms with Crippen LogP contribution in [-0.2, 0) is 17.9 Å². The van der Waals surface area contributed by atoms with Gasteiger partial charge in [-0.25, -0.2) is 0 Å². The van der Waals surface area contributed by atoms with E-state index >= 15 is 0 Å². The Balaban J connectivity index is 2.33. The molecule has 0 unspecified atom stereocenters. The van der Waals surface area contributed by atoms with Crippen LogP contribution < -0.4 is 0 Å². The molecule has 3 heteroatoms. The van der Waals surface area contributed by atoms with Gasteiger partial charge in [0.05, 0.1) is 6.54 Å². The van der Waals surface area contributed by atoms with Crippen molar-refractivity contribution in [3.05, 3.63) is 35.5 Å². The largest absolute Gasteiger partial charge is 0.338 e. The maximum atomic E-state index is 11.9. The monoisotopic (exact) mass is 242 g/mol. The molecule has 1 aliphatic heterocycles. The summed E-state index contributed by atoms with van der Waals surface area (Å²) < 4.78 is 2.19. The van der Waals surface area contributed by atoms with Gasteiger partial charge in [-0.3, -0.25) is 4.79 Å². The minimum Gasteiger partial charge on any atom is -0.338 e. The zero-order valence-electron chi connectivity index (χ0n) is 11.1. The summed E-state index contributed by atoms with van der Waals surface area (Å²) in [7, 11) is 1.88. The standard InChI is InChI=1S/C15H18N2O/c1-10(2)15-11-6-4-5-7-12(11)17-9-14(18)16(3)8-13(15)17/h4-7,10H,8-9H2,1-3H3. The van der Waals surface area contributed by atoms with Crippen molar-refractivity contribution in [2.45, 2.75) is 32.9 Å². The number of carbonyl (C=O) groups is 1. The van der Waals surface area contributed by atoms with E-state index in [0.29, 0.717) is 12.5 Å². The van der Waals surface area contributed by atoms with Gasteiger partial charge in [0, 0.05) is 23.6 Å². The van der Waals surface area contributed by atoms with Gasteiger partial charge in [0.2, 0.25) is 5.91 Å². The second-order valence-corrected chi connectivity index (χ2v) is 5.37. The Hall–Kier alpha value is -1.77. The highest BCUT2D eigenvalue weighted by atomic mass is 16.2. The molecule has 0 atom stereocenters. The summed E-state index contributed by atoms with van der Waals surface area (Å²) in [6.07, 6.45) is 0. The smallest absolute Gasteiger partial charge is 0.242 e. The maximum absolute atomic E-state index is 11.9. The first-order valence-electron chi connectivity index (χ1n) is 6.43. The third kappa shape index (κ3) is 1.47. The maximum Gasteiger partial charge on any atom is 0.242 e. The van der Waals surface area contributed by atoms with Crippen LogP contribution in [0.1, 0.15) is 31.0 Å². The molecule has 0 aliphatic carbocycles. The van der Waals surface area contributed by atoms with Crippen molar-refractivity contribution in [2.75, 3.05) is 7.05 Å². The van der Waals surface area contributed by atoms with Gasteiger partial charge < -0.3 is 9.47 Å². The molecule has 0 radical (unpaired) electrons. The first kappa shape index (κ1) is 11.3. The fraction of sp³-hybridized carbons (Fsp3) is 0.400. The number of hydrogen-bond acceptors (Lipinski definition) is 1. The van der Waals surface area contributed by atoms with Crippen LogP contribution in [0.5, 0.6) is 0 Å². The van der Waals surface area contributed by atoms with Crippen molar-refractivity contribution in [3.63, 3.8) is 0 Å². The van der Waals surface area contributed by atoms with E-state index in [0.717, 1.165) is 6.54 Å². The fourth-order valence-corrected chi connectivity index (χ4v) is 2.95. The molecule has 0 saturated carbocycles. The molecule has 0 bridgehead atoms. The van der Waals surface area contributed by atoms with Gasteiger partial charge in [0.15, 0.2) is 0 Å². The van der Waals surface area contributed by atoms with Gasteiger partial charge in [-0.05, 0) is 17.5 Å². The molecule has 1 aliphatic rings. The lowest BCUT2D eigenvalue weighted by atomic mass is 9.99. The molecule has 0 spiro atoms. The van der Waals surface area contributed by atoms with Crippen LogP contribution in [0.15, 0.2) is 24.3 Å². The lowest BCUT2D eigenvalue weighted by Gasteiger charge is -2.26. The Morgan fingerprint density at radius 1 is 1.17 bits per heavy atom. The van der Waals surface area contributed by atoms with Crippen molar-refractivity contribution >= 4 is 16.8 Å². The number of rotatable bonds is 1. The van der Waals surface area contributed by atoms with E-state index in [1.165, 1.54) is 22.2 Å². The molecule has 1 aromatic heterocycles. The third-order valence-corrected chi connectivity index (χ3v) is 3.81. The Morgan fingerprint density at radius 2 is 1.89 bits per heavy atom. The summed E-state index contributed by atoms with van der Waals surface area (Å²) in [5.74, 6) is 0.673. The van der Waals surface area contributed by atoms with E-state index in [4.69, 9.17) is 0 Å². The average Bonchev–Trinajstić information content (AvgIpc) is 2.64. The number of aromatic nitrogens is 1. The number of carbonyl (C=O) groups excluding carboxylic acids is 1. The van der Waals surface area contributed by atoms with Crippen LogP contribution in [0.3, 0.4) is 0 Å². The summed E-state index contributed by atoms with van der Waals surface area (Å²) in [6.45, 7) is 5.64. The van der Waals surface area contributed by atoms with E-state index in [1.54, 1.807) is 0 Å². The highest BCUT2D eigenvalue weighted by Crippen LogP contribution is 2.34. The van der Waals surface area contributed by atoms with E-state index in [9.17, 15) is 4.79 Å². The fourth-order valence-electron chi connectivity index (χ4n) is 2.95. The minimum atomic E-state index is 0.193. The van der Waals surface area contributed by atoms with Crippen LogP contribution in [0.25, 0.3) is 10.9 Å². The second kappa shape index (κ2) is 3.87. The topological polar surface area (TPSA) is 25.2 Å². The Morgan fingerprint density at radius 3 is 2.61 bits per heavy atom. The number of para-hydroxylation sites is 1. The summed E-state index contributed by atoms with van der Waals surface area (Å²) in [5.41, 5.74) is 3.89. The number of nitrogens with zero attached hydrogens (tertiary/aromatic N) is 2. The van der Waals surface area contributed by atoms with Crippen molar-refractivity contribution in [1.82, 2.24) is 9.47 Å². The van der Waals surface area contributed by atoms with Crippen molar-refractivity contribution in [2.24, 2.45) is 0 Å². The van der Waals surface area contributed by atoms with Gasteiger partial charge in [-0.2, -0.15) is 0 Å². The summed E-state index contributed by atoms with van der Waals surface area (Å²) in [5, 5.41) is 1.30. The molecular weight excluding hydrogens is 224 g/mol. The van der Waals surface area contributed by atoms with Crippen LogP contribution >= 0.6 is 0 Å². The number of amides is 1. The summed E-state index contributed by atoms with van der Waals surface area (Å²) >= 11 is 0. The third-order valence-electron chi connectivity index (χ3n) is 3.81. The van der Waals surface area contributed by atoms with Crippen molar-refractivity contribution in [3.8, 4) is 0 Å². The van der Waals surface area contributed by atoms with Gasteiger partial charge in [-0.15, -0.1) is 0 Å². The van der Waals surface area contributed by atoms with E-state index in [1.807, 2.05) is 18.0 Å². The van der Waals surface area contributed by atoms with Gasteiger partial charge in [0.25, 0.3) is 0 Å². The molecule has 18 heavy (non-hydrogen) atoms. The molecule has 1 aromatic carbocycles. The van der Waals surface area contributed by atoms with Gasteiger partial charge in [-0.1, -0.05) is 32.0 Å². The second-order valence-electron chi connectivity index (χ2n) is 5.37. The molecule has 0 N–H and O–H groups in total. The molecule has 2 heterocycles. The average molecular weight is 242 g/mol. The molecule has 2 aromatic rings. The number of likely N-dealkylation sites (N-methyl/N-ethyl adjacent to an activating group) is 1. The number of hydrogen-bond donors (Lipinski definition) is 0. The summed E-state index contributed by atoms with van der Waals surface area (Å²) in [6, 6.07) is 8.40. The van der Waals surface area contributed by atoms with Crippen LogP contribution in [-0.4, -0.2) is 22.4 Å². The lowest BCUT2D eigenvalue weighted by molar-refractivity contribution is -0.132. The SMILES string of the molecule is CC(C)c1c2n(c3ccccc13)CC(=O)N(C)C2. The summed E-state index contributed by atoms with van der Waals surface area (Å²) in [4.78, 5) is 13.7. The van der Waals surface area contributed by atoms with E-state index in [-0.39, 0.29) is 5.91 Å². The minimum absolute atomic E-state index is 0.193. The molecular formula is C15H18N2O. The van der Waals surface area contributed by atoms with Gasteiger partial charge in [0.1, 0.15) is 6.54 Å². The quantitative estimate of drug-likeness (QED) is 0.755. The van der Waals surface area contributed by atoms with Crippen LogP contribution in [0.2, 0.25) is 0 Å². The van der Waals surface area contributed by atoms with Crippen molar-refractivity contribution < 1.29 is 4.79 Å². The first-order valence-corrected chi connectivity index (χ1v) is 6.43. The predicted molar refractivity (Wildman–Crippen MR) is 72.5 cm³/mol. The Kier molecular flexibility index (Phi) is 2.44.